The molecular weight excluding hydrogens is 274 g/mol. The smallest absolute Gasteiger partial charge is 0.225 e. The zero-order valence-electron chi connectivity index (χ0n) is 11.3. The van der Waals surface area contributed by atoms with Crippen LogP contribution in [0.5, 0.6) is 0 Å². The number of aryl methyl sites for hydroxylation is 1. The van der Waals surface area contributed by atoms with Gasteiger partial charge in [-0.25, -0.2) is 9.67 Å². The van der Waals surface area contributed by atoms with Crippen LogP contribution in [0.1, 0.15) is 12.6 Å². The first-order valence-electron chi connectivity index (χ1n) is 6.42. The minimum absolute atomic E-state index is 0.588. The van der Waals surface area contributed by atoms with Gasteiger partial charge in [0.05, 0.1) is 22.4 Å². The highest BCUT2D eigenvalue weighted by atomic mass is 35.5. The number of rotatable bonds is 3. The normalized spacial score (nSPS) is 10.9. The molecule has 20 heavy (non-hydrogen) atoms. The Morgan fingerprint density at radius 3 is 2.75 bits per heavy atom. The van der Waals surface area contributed by atoms with E-state index >= 15 is 0 Å². The first kappa shape index (κ1) is 12.9. The molecule has 2 aromatic heterocycles. The first-order chi connectivity index (χ1) is 9.69. The SMILES string of the molecule is CCNc1nc(-n2cc(Cl)c(C)n2)c2ccccc2n1. The minimum Gasteiger partial charge on any atom is -0.354 e. The summed E-state index contributed by atoms with van der Waals surface area (Å²) in [5.41, 5.74) is 1.65. The fraction of sp³-hybridized carbons (Fsp3) is 0.214. The fourth-order valence-electron chi connectivity index (χ4n) is 2.02. The van der Waals surface area contributed by atoms with Crippen molar-refractivity contribution >= 4 is 28.5 Å². The molecular formula is C14H14ClN5. The van der Waals surface area contributed by atoms with Gasteiger partial charge in [0.1, 0.15) is 0 Å². The molecule has 102 valence electrons. The van der Waals surface area contributed by atoms with E-state index in [1.807, 2.05) is 38.1 Å². The van der Waals surface area contributed by atoms with Gasteiger partial charge >= 0.3 is 0 Å². The van der Waals surface area contributed by atoms with Gasteiger partial charge in [-0.15, -0.1) is 0 Å². The fourth-order valence-corrected chi connectivity index (χ4v) is 2.15. The van der Waals surface area contributed by atoms with Crippen LogP contribution < -0.4 is 5.32 Å². The van der Waals surface area contributed by atoms with Gasteiger partial charge in [-0.05, 0) is 26.0 Å². The van der Waals surface area contributed by atoms with Crippen LogP contribution in [-0.4, -0.2) is 26.3 Å². The molecule has 0 radical (unpaired) electrons. The van der Waals surface area contributed by atoms with Crippen LogP contribution in [0.2, 0.25) is 5.02 Å². The third-order valence-corrected chi connectivity index (χ3v) is 3.35. The lowest BCUT2D eigenvalue weighted by atomic mass is 10.2. The first-order valence-corrected chi connectivity index (χ1v) is 6.79. The summed E-state index contributed by atoms with van der Waals surface area (Å²) >= 11 is 6.09. The highest BCUT2D eigenvalue weighted by molar-refractivity contribution is 6.31. The molecule has 0 atom stereocenters. The Kier molecular flexibility index (Phi) is 3.28. The van der Waals surface area contributed by atoms with Crippen molar-refractivity contribution in [2.45, 2.75) is 13.8 Å². The summed E-state index contributed by atoms with van der Waals surface area (Å²) in [4.78, 5) is 9.02. The van der Waals surface area contributed by atoms with Crippen molar-refractivity contribution in [1.29, 1.82) is 0 Å². The van der Waals surface area contributed by atoms with Crippen molar-refractivity contribution in [3.05, 3.63) is 41.2 Å². The van der Waals surface area contributed by atoms with Gasteiger partial charge in [-0.2, -0.15) is 10.1 Å². The van der Waals surface area contributed by atoms with Gasteiger partial charge in [0.25, 0.3) is 0 Å². The van der Waals surface area contributed by atoms with Crippen molar-refractivity contribution < 1.29 is 0 Å². The average molecular weight is 288 g/mol. The molecule has 6 heteroatoms. The molecule has 1 aromatic carbocycles. The van der Waals surface area contributed by atoms with Crippen molar-refractivity contribution in [3.8, 4) is 5.82 Å². The number of nitrogens with one attached hydrogen (secondary N) is 1. The molecule has 0 bridgehead atoms. The molecule has 0 unspecified atom stereocenters. The Balaban J connectivity index is 2.26. The molecule has 0 aliphatic carbocycles. The van der Waals surface area contributed by atoms with Gasteiger partial charge in [-0.3, -0.25) is 0 Å². The van der Waals surface area contributed by atoms with E-state index in [0.29, 0.717) is 11.0 Å². The molecule has 2 heterocycles. The topological polar surface area (TPSA) is 55.6 Å². The van der Waals surface area contributed by atoms with Gasteiger partial charge in [-0.1, -0.05) is 23.7 Å². The molecule has 1 N–H and O–H groups in total. The van der Waals surface area contributed by atoms with Gasteiger partial charge in [0.2, 0.25) is 5.95 Å². The van der Waals surface area contributed by atoms with Crippen molar-refractivity contribution in [2.75, 3.05) is 11.9 Å². The van der Waals surface area contributed by atoms with E-state index in [1.54, 1.807) is 10.9 Å². The predicted molar refractivity (Wildman–Crippen MR) is 80.6 cm³/mol. The van der Waals surface area contributed by atoms with Gasteiger partial charge in [0, 0.05) is 11.9 Å². The van der Waals surface area contributed by atoms with E-state index in [1.165, 1.54) is 0 Å². The number of anilines is 1. The van der Waals surface area contributed by atoms with Crippen molar-refractivity contribution in [2.24, 2.45) is 0 Å². The van der Waals surface area contributed by atoms with E-state index in [2.05, 4.69) is 20.4 Å². The number of nitrogens with zero attached hydrogens (tertiary/aromatic N) is 4. The Bertz CT molecular complexity index is 746. The Morgan fingerprint density at radius 1 is 1.25 bits per heavy atom. The second-order valence-corrected chi connectivity index (χ2v) is 4.83. The summed E-state index contributed by atoms with van der Waals surface area (Å²) in [6.07, 6.45) is 1.77. The zero-order valence-corrected chi connectivity index (χ0v) is 12.0. The molecule has 0 aliphatic heterocycles. The summed E-state index contributed by atoms with van der Waals surface area (Å²) in [5.74, 6) is 1.31. The van der Waals surface area contributed by atoms with Crippen molar-refractivity contribution in [1.82, 2.24) is 19.7 Å². The Labute approximate surface area is 121 Å². The molecule has 5 nitrogen and oxygen atoms in total. The number of para-hydroxylation sites is 1. The third kappa shape index (κ3) is 2.20. The number of aromatic nitrogens is 4. The number of halogens is 1. The highest BCUT2D eigenvalue weighted by Crippen LogP contribution is 2.23. The predicted octanol–water partition coefficient (Wildman–Crippen LogP) is 3.21. The maximum Gasteiger partial charge on any atom is 0.225 e. The largest absolute Gasteiger partial charge is 0.354 e. The standard InChI is InChI=1S/C14H14ClN5/c1-3-16-14-17-12-7-5-4-6-10(12)13(18-14)20-8-11(15)9(2)19-20/h4-8H,3H2,1-2H3,(H,16,17,18). The van der Waals surface area contributed by atoms with Crippen LogP contribution >= 0.6 is 11.6 Å². The second-order valence-electron chi connectivity index (χ2n) is 4.43. The van der Waals surface area contributed by atoms with Gasteiger partial charge < -0.3 is 5.32 Å². The lowest BCUT2D eigenvalue weighted by Gasteiger charge is -2.08. The van der Waals surface area contributed by atoms with E-state index in [-0.39, 0.29) is 0 Å². The minimum atomic E-state index is 0.588. The van der Waals surface area contributed by atoms with E-state index in [4.69, 9.17) is 11.6 Å². The second kappa shape index (κ2) is 5.09. The molecule has 0 saturated heterocycles. The van der Waals surface area contributed by atoms with E-state index in [0.717, 1.165) is 29.0 Å². The molecule has 0 amide bonds. The third-order valence-electron chi connectivity index (χ3n) is 2.97. The van der Waals surface area contributed by atoms with Crippen LogP contribution in [0.4, 0.5) is 5.95 Å². The number of fused-ring (bicyclic) bond motifs is 1. The summed E-state index contributed by atoms with van der Waals surface area (Å²) in [6, 6.07) is 7.85. The lowest BCUT2D eigenvalue weighted by molar-refractivity contribution is 0.836. The van der Waals surface area contributed by atoms with Crippen LogP contribution in [0.15, 0.2) is 30.5 Å². The Hall–Kier alpha value is -2.14. The molecule has 0 spiro atoms. The van der Waals surface area contributed by atoms with Crippen LogP contribution in [0.25, 0.3) is 16.7 Å². The van der Waals surface area contributed by atoms with E-state index in [9.17, 15) is 0 Å². The van der Waals surface area contributed by atoms with Crippen molar-refractivity contribution in [3.63, 3.8) is 0 Å². The average Bonchev–Trinajstić information content (AvgIpc) is 2.78. The summed E-state index contributed by atoms with van der Waals surface area (Å²) in [5, 5.41) is 9.09. The monoisotopic (exact) mass is 287 g/mol. The lowest BCUT2D eigenvalue weighted by Crippen LogP contribution is -2.07. The van der Waals surface area contributed by atoms with E-state index < -0.39 is 0 Å². The van der Waals surface area contributed by atoms with Gasteiger partial charge in [0.15, 0.2) is 5.82 Å². The molecule has 0 saturated carbocycles. The number of hydrogen-bond donors (Lipinski definition) is 1. The number of benzene rings is 1. The van der Waals surface area contributed by atoms with Crippen LogP contribution in [0, 0.1) is 6.92 Å². The molecule has 3 aromatic rings. The quantitative estimate of drug-likeness (QED) is 0.804. The molecule has 0 aliphatic rings. The summed E-state index contributed by atoms with van der Waals surface area (Å²) < 4.78 is 1.70. The zero-order chi connectivity index (χ0) is 14.1. The maximum atomic E-state index is 6.09. The van der Waals surface area contributed by atoms with Crippen LogP contribution in [0.3, 0.4) is 0 Å². The molecule has 0 fully saturated rings. The van der Waals surface area contributed by atoms with Crippen LogP contribution in [-0.2, 0) is 0 Å². The summed E-state index contributed by atoms with van der Waals surface area (Å²) in [7, 11) is 0. The molecule has 3 rings (SSSR count). The maximum absolute atomic E-state index is 6.09. The Morgan fingerprint density at radius 2 is 2.05 bits per heavy atom. The number of hydrogen-bond acceptors (Lipinski definition) is 4. The summed E-state index contributed by atoms with van der Waals surface area (Å²) in [6.45, 7) is 4.64. The highest BCUT2D eigenvalue weighted by Gasteiger charge is 2.11.